The molecule has 2 aliphatic carbocycles. The number of aliphatic hydroxyl groups is 2. The third-order valence-corrected chi connectivity index (χ3v) is 7.47. The molecule has 2 aliphatic rings. The molecule has 0 bridgehead atoms. The normalized spacial score (nSPS) is 36.0. The molecule has 0 spiro atoms. The van der Waals surface area contributed by atoms with E-state index in [0.29, 0.717) is 24.4 Å². The average molecular weight is 398 g/mol. The van der Waals surface area contributed by atoms with Crippen LogP contribution in [0.2, 0.25) is 0 Å². The Kier molecular flexibility index (Phi) is 4.67. The number of hydrogen-bond donors (Lipinski definition) is 2. The third-order valence-electron chi connectivity index (χ3n) is 7.47. The van der Waals surface area contributed by atoms with E-state index in [1.165, 1.54) is 6.07 Å². The summed E-state index contributed by atoms with van der Waals surface area (Å²) >= 11 is 0. The van der Waals surface area contributed by atoms with Crippen LogP contribution >= 0.6 is 0 Å². The molecule has 1 fully saturated rings. The van der Waals surface area contributed by atoms with Crippen LogP contribution in [0.4, 0.5) is 0 Å². The van der Waals surface area contributed by atoms with Crippen molar-refractivity contribution in [3.05, 3.63) is 52.9 Å². The topological polar surface area (TPSA) is 79.9 Å². The molecular weight excluding hydrogens is 368 g/mol. The van der Waals surface area contributed by atoms with Crippen LogP contribution < -0.4 is 10.4 Å². The van der Waals surface area contributed by atoms with Crippen molar-refractivity contribution in [1.82, 2.24) is 0 Å². The minimum atomic E-state index is -1.01. The molecule has 156 valence electrons. The molecule has 4 rings (SSSR count). The Labute approximate surface area is 171 Å². The number of rotatable bonds is 3. The van der Waals surface area contributed by atoms with Crippen molar-refractivity contribution >= 4 is 11.0 Å². The molecule has 1 heterocycles. The van der Waals surface area contributed by atoms with Gasteiger partial charge in [0, 0.05) is 23.4 Å². The van der Waals surface area contributed by atoms with E-state index in [9.17, 15) is 15.0 Å². The van der Waals surface area contributed by atoms with Crippen LogP contribution in [0, 0.1) is 22.7 Å². The predicted octanol–water partition coefficient (Wildman–Crippen LogP) is 3.91. The first-order chi connectivity index (χ1) is 13.5. The van der Waals surface area contributed by atoms with Crippen molar-refractivity contribution in [3.8, 4) is 5.75 Å². The fraction of sp³-hybridized carbons (Fsp3) is 0.542. The second kappa shape index (κ2) is 6.71. The second-order valence-electron chi connectivity index (χ2n) is 9.76. The molecule has 0 saturated heterocycles. The number of hydrogen-bond acceptors (Lipinski definition) is 5. The van der Waals surface area contributed by atoms with E-state index in [1.54, 1.807) is 12.1 Å². The first-order valence-electron chi connectivity index (χ1n) is 10.3. The highest BCUT2D eigenvalue weighted by Crippen LogP contribution is 2.59. The zero-order valence-corrected chi connectivity index (χ0v) is 17.5. The van der Waals surface area contributed by atoms with Crippen molar-refractivity contribution in [2.45, 2.75) is 52.2 Å². The van der Waals surface area contributed by atoms with Crippen molar-refractivity contribution in [1.29, 1.82) is 0 Å². The minimum absolute atomic E-state index is 0.141. The number of allylic oxidation sites excluding steroid dienone is 1. The Morgan fingerprint density at radius 2 is 1.90 bits per heavy atom. The highest BCUT2D eigenvalue weighted by molar-refractivity contribution is 5.77. The van der Waals surface area contributed by atoms with E-state index in [-0.39, 0.29) is 28.8 Å². The molecule has 1 aromatic carbocycles. The number of ether oxygens (including phenoxy) is 1. The lowest BCUT2D eigenvalue weighted by Crippen LogP contribution is -2.59. The number of aliphatic hydroxyl groups excluding tert-OH is 1. The Hall–Kier alpha value is -2.11. The van der Waals surface area contributed by atoms with Gasteiger partial charge in [-0.2, -0.15) is 0 Å². The predicted molar refractivity (Wildman–Crippen MR) is 112 cm³/mol. The largest absolute Gasteiger partial charge is 0.493 e. The van der Waals surface area contributed by atoms with Crippen molar-refractivity contribution in [3.63, 3.8) is 0 Å². The third kappa shape index (κ3) is 3.30. The van der Waals surface area contributed by atoms with E-state index in [2.05, 4.69) is 26.8 Å². The second-order valence-corrected chi connectivity index (χ2v) is 9.76. The Morgan fingerprint density at radius 1 is 1.17 bits per heavy atom. The van der Waals surface area contributed by atoms with Crippen LogP contribution in [0.25, 0.3) is 11.0 Å². The summed E-state index contributed by atoms with van der Waals surface area (Å²) < 4.78 is 11.4. The number of benzene rings is 1. The molecule has 5 atom stereocenters. The zero-order valence-electron chi connectivity index (χ0n) is 17.5. The van der Waals surface area contributed by atoms with E-state index < -0.39 is 11.2 Å². The highest BCUT2D eigenvalue weighted by atomic mass is 16.5. The van der Waals surface area contributed by atoms with Gasteiger partial charge in [-0.05, 0) is 54.7 Å². The van der Waals surface area contributed by atoms with E-state index in [1.807, 2.05) is 25.1 Å². The summed E-state index contributed by atoms with van der Waals surface area (Å²) in [5, 5.41) is 22.6. The summed E-state index contributed by atoms with van der Waals surface area (Å²) in [7, 11) is 0. The van der Waals surface area contributed by atoms with Crippen LogP contribution in [0.5, 0.6) is 5.75 Å². The maximum absolute atomic E-state index is 11.5. The van der Waals surface area contributed by atoms with Crippen molar-refractivity contribution in [2.75, 3.05) is 6.61 Å². The van der Waals surface area contributed by atoms with Crippen LogP contribution in [-0.2, 0) is 0 Å². The first kappa shape index (κ1) is 20.2. The lowest BCUT2D eigenvalue weighted by Gasteiger charge is -2.59. The quantitative estimate of drug-likeness (QED) is 0.605. The zero-order chi connectivity index (χ0) is 21.0. The van der Waals surface area contributed by atoms with E-state index in [4.69, 9.17) is 9.15 Å². The van der Waals surface area contributed by atoms with Gasteiger partial charge in [0.25, 0.3) is 0 Å². The molecule has 1 saturated carbocycles. The van der Waals surface area contributed by atoms with Gasteiger partial charge >= 0.3 is 5.63 Å². The summed E-state index contributed by atoms with van der Waals surface area (Å²) in [6.07, 6.45) is 5.12. The highest BCUT2D eigenvalue weighted by Gasteiger charge is 2.58. The van der Waals surface area contributed by atoms with Gasteiger partial charge < -0.3 is 19.4 Å². The molecule has 2 N–H and O–H groups in total. The Balaban J connectivity index is 1.63. The standard InChI is InChI=1S/C24H30O5/c1-22(2)18-9-12-24(4,27)19(23(18,3)11-10-20(22)25)14-28-16-7-5-15-6-8-21(26)29-17(15)13-16/h5-9,12-13,18-20,25,27H,10-11,14H2,1-4H3/t18-,19-,20+,23+,24-/m0/s1. The molecule has 5 nitrogen and oxygen atoms in total. The van der Waals surface area contributed by atoms with Crippen molar-refractivity contribution in [2.24, 2.45) is 22.7 Å². The first-order valence-corrected chi connectivity index (χ1v) is 10.3. The fourth-order valence-corrected chi connectivity index (χ4v) is 5.64. The van der Waals surface area contributed by atoms with Gasteiger partial charge in [0.15, 0.2) is 0 Å². The summed E-state index contributed by atoms with van der Waals surface area (Å²) in [5.41, 5.74) is -1.40. The van der Waals surface area contributed by atoms with Gasteiger partial charge in [0.05, 0.1) is 18.3 Å². The molecule has 5 heteroatoms. The number of fused-ring (bicyclic) bond motifs is 2. The summed E-state index contributed by atoms with van der Waals surface area (Å²) in [5.74, 6) is 0.602. The summed E-state index contributed by atoms with van der Waals surface area (Å²) in [4.78, 5) is 11.5. The van der Waals surface area contributed by atoms with E-state index >= 15 is 0 Å². The fourth-order valence-electron chi connectivity index (χ4n) is 5.64. The summed E-state index contributed by atoms with van der Waals surface area (Å²) in [6.45, 7) is 8.58. The average Bonchev–Trinajstić information content (AvgIpc) is 2.64. The van der Waals surface area contributed by atoms with Crippen LogP contribution in [0.3, 0.4) is 0 Å². The molecule has 0 aliphatic heterocycles. The molecule has 29 heavy (non-hydrogen) atoms. The molecule has 0 radical (unpaired) electrons. The van der Waals surface area contributed by atoms with Crippen molar-refractivity contribution < 1.29 is 19.4 Å². The lowest BCUT2D eigenvalue weighted by atomic mass is 9.47. The summed E-state index contributed by atoms with van der Waals surface area (Å²) in [6, 6.07) is 8.55. The smallest absolute Gasteiger partial charge is 0.336 e. The Morgan fingerprint density at radius 3 is 2.66 bits per heavy atom. The van der Waals surface area contributed by atoms with Gasteiger partial charge in [0.2, 0.25) is 0 Å². The molecule has 2 aromatic rings. The van der Waals surface area contributed by atoms with E-state index in [0.717, 1.165) is 11.8 Å². The monoisotopic (exact) mass is 398 g/mol. The molecule has 0 amide bonds. The van der Waals surface area contributed by atoms with Gasteiger partial charge in [-0.3, -0.25) is 0 Å². The van der Waals surface area contributed by atoms with Gasteiger partial charge in [-0.1, -0.05) is 32.9 Å². The van der Waals surface area contributed by atoms with Crippen LogP contribution in [0.15, 0.2) is 51.7 Å². The van der Waals surface area contributed by atoms with Crippen LogP contribution in [-0.4, -0.2) is 28.5 Å². The van der Waals surface area contributed by atoms with Gasteiger partial charge in [-0.15, -0.1) is 0 Å². The molecular formula is C24H30O5. The van der Waals surface area contributed by atoms with Gasteiger partial charge in [0.1, 0.15) is 11.3 Å². The maximum Gasteiger partial charge on any atom is 0.336 e. The van der Waals surface area contributed by atoms with Gasteiger partial charge in [-0.25, -0.2) is 4.79 Å². The molecule has 1 aromatic heterocycles. The Bertz CT molecular complexity index is 1000. The van der Waals surface area contributed by atoms with Crippen LogP contribution in [0.1, 0.15) is 40.5 Å². The minimum Gasteiger partial charge on any atom is -0.493 e. The lowest BCUT2D eigenvalue weighted by molar-refractivity contribution is -0.149. The molecule has 0 unspecified atom stereocenters. The maximum atomic E-state index is 11.5. The SMILES string of the molecule is CC1(C)[C@H](O)CC[C@]2(C)[C@H]1C=C[C@](C)(O)[C@H]2COc1ccc2ccc(=O)oc2c1.